The lowest BCUT2D eigenvalue weighted by Crippen LogP contribution is -1.83. The molecular formula is C17H25NS2. The molecule has 20 heavy (non-hydrogen) atoms. The highest BCUT2D eigenvalue weighted by Gasteiger charge is 2.05. The molecule has 0 saturated carbocycles. The van der Waals surface area contributed by atoms with Crippen molar-refractivity contribution in [3.05, 3.63) is 28.6 Å². The molecule has 0 N–H and O–H groups in total. The van der Waals surface area contributed by atoms with Gasteiger partial charge in [0.05, 0.1) is 4.88 Å². The van der Waals surface area contributed by atoms with Gasteiger partial charge in [-0.3, -0.25) is 0 Å². The fourth-order valence-corrected chi connectivity index (χ4v) is 4.13. The highest BCUT2D eigenvalue weighted by atomic mass is 32.1. The molecule has 2 aromatic heterocycles. The van der Waals surface area contributed by atoms with Crippen molar-refractivity contribution in [1.82, 2.24) is 4.98 Å². The van der Waals surface area contributed by atoms with E-state index in [1.165, 1.54) is 72.5 Å². The number of hydrogen-bond acceptors (Lipinski definition) is 3. The van der Waals surface area contributed by atoms with Gasteiger partial charge in [-0.25, -0.2) is 4.98 Å². The van der Waals surface area contributed by atoms with Gasteiger partial charge in [0.1, 0.15) is 5.01 Å². The maximum atomic E-state index is 4.54. The summed E-state index contributed by atoms with van der Waals surface area (Å²) in [4.78, 5) is 7.28. The average molecular weight is 308 g/mol. The molecule has 2 rings (SSSR count). The van der Waals surface area contributed by atoms with Gasteiger partial charge >= 0.3 is 0 Å². The molecule has 0 fully saturated rings. The molecule has 0 bridgehead atoms. The minimum absolute atomic E-state index is 1.19. The van der Waals surface area contributed by atoms with Crippen LogP contribution in [-0.2, 0) is 6.42 Å². The lowest BCUT2D eigenvalue weighted by atomic mass is 10.1. The van der Waals surface area contributed by atoms with E-state index in [0.29, 0.717) is 0 Å². The lowest BCUT2D eigenvalue weighted by molar-refractivity contribution is 0.576. The standard InChI is InChI=1S/C17H25NS2/c1-2-3-4-5-6-7-8-9-11-15-14-18-17(20-15)16-12-10-13-19-16/h10,12-14H,2-9,11H2,1H3. The summed E-state index contributed by atoms with van der Waals surface area (Å²) in [5.74, 6) is 0. The van der Waals surface area contributed by atoms with Crippen LogP contribution in [0.25, 0.3) is 9.88 Å². The Labute approximate surface area is 131 Å². The predicted molar refractivity (Wildman–Crippen MR) is 91.7 cm³/mol. The number of hydrogen-bond donors (Lipinski definition) is 0. The first-order chi connectivity index (χ1) is 9.90. The number of unbranched alkanes of at least 4 members (excludes halogenated alkanes) is 7. The van der Waals surface area contributed by atoms with Crippen molar-refractivity contribution in [2.24, 2.45) is 0 Å². The summed E-state index contributed by atoms with van der Waals surface area (Å²) in [5, 5.41) is 3.31. The Kier molecular flexibility index (Phi) is 7.31. The molecular weight excluding hydrogens is 282 g/mol. The van der Waals surface area contributed by atoms with E-state index in [9.17, 15) is 0 Å². The molecule has 0 aliphatic carbocycles. The van der Waals surface area contributed by atoms with Crippen LogP contribution in [0.1, 0.15) is 63.2 Å². The molecule has 0 aromatic carbocycles. The Morgan fingerprint density at radius 3 is 2.45 bits per heavy atom. The molecule has 1 nitrogen and oxygen atoms in total. The van der Waals surface area contributed by atoms with E-state index in [1.54, 1.807) is 11.3 Å². The Morgan fingerprint density at radius 2 is 1.75 bits per heavy atom. The predicted octanol–water partition coefficient (Wildman–Crippen LogP) is 6.55. The fraction of sp³-hybridized carbons (Fsp3) is 0.588. The van der Waals surface area contributed by atoms with E-state index in [1.807, 2.05) is 11.3 Å². The Balaban J connectivity index is 1.58. The van der Waals surface area contributed by atoms with Crippen molar-refractivity contribution < 1.29 is 0 Å². The largest absolute Gasteiger partial charge is 0.243 e. The molecule has 0 spiro atoms. The Morgan fingerprint density at radius 1 is 1.00 bits per heavy atom. The number of thiazole rings is 1. The summed E-state index contributed by atoms with van der Waals surface area (Å²) in [6.45, 7) is 2.28. The SMILES string of the molecule is CCCCCCCCCCc1cnc(-c2cccs2)s1. The minimum atomic E-state index is 1.19. The zero-order chi connectivity index (χ0) is 14.0. The molecule has 0 atom stereocenters. The first-order valence-electron chi connectivity index (χ1n) is 7.88. The molecule has 0 saturated heterocycles. The summed E-state index contributed by atoms with van der Waals surface area (Å²) in [5.41, 5.74) is 0. The van der Waals surface area contributed by atoms with Crippen LogP contribution in [0.4, 0.5) is 0 Å². The van der Waals surface area contributed by atoms with Crippen molar-refractivity contribution in [3.63, 3.8) is 0 Å². The topological polar surface area (TPSA) is 12.9 Å². The van der Waals surface area contributed by atoms with Gasteiger partial charge in [-0.1, -0.05) is 57.9 Å². The van der Waals surface area contributed by atoms with Crippen LogP contribution in [0.5, 0.6) is 0 Å². The van der Waals surface area contributed by atoms with Gasteiger partial charge in [0.15, 0.2) is 0 Å². The van der Waals surface area contributed by atoms with Crippen molar-refractivity contribution >= 4 is 22.7 Å². The van der Waals surface area contributed by atoms with Crippen LogP contribution in [0.2, 0.25) is 0 Å². The second-order valence-corrected chi connectivity index (χ2v) is 7.40. The van der Waals surface area contributed by atoms with Crippen LogP contribution in [-0.4, -0.2) is 4.98 Å². The molecule has 0 unspecified atom stereocenters. The van der Waals surface area contributed by atoms with Gasteiger partial charge in [-0.15, -0.1) is 22.7 Å². The van der Waals surface area contributed by atoms with Crippen LogP contribution in [0.15, 0.2) is 23.7 Å². The van der Waals surface area contributed by atoms with Crippen LogP contribution in [0.3, 0.4) is 0 Å². The molecule has 2 heterocycles. The van der Waals surface area contributed by atoms with Crippen LogP contribution >= 0.6 is 22.7 Å². The van der Waals surface area contributed by atoms with Gasteiger partial charge in [0.25, 0.3) is 0 Å². The maximum absolute atomic E-state index is 4.54. The van der Waals surface area contributed by atoms with Crippen molar-refractivity contribution in [2.75, 3.05) is 0 Å². The Hall–Kier alpha value is -0.670. The average Bonchev–Trinajstić information content (AvgIpc) is 3.12. The quantitative estimate of drug-likeness (QED) is 0.453. The van der Waals surface area contributed by atoms with Crippen molar-refractivity contribution in [3.8, 4) is 9.88 Å². The van der Waals surface area contributed by atoms with Gasteiger partial charge in [-0.05, 0) is 24.3 Å². The normalized spacial score (nSPS) is 11.1. The summed E-state index contributed by atoms with van der Waals surface area (Å²) in [7, 11) is 0. The molecule has 0 aliphatic rings. The summed E-state index contributed by atoms with van der Waals surface area (Å²) in [6, 6.07) is 4.25. The smallest absolute Gasteiger partial charge is 0.133 e. The van der Waals surface area contributed by atoms with Crippen LogP contribution in [0, 0.1) is 0 Å². The van der Waals surface area contributed by atoms with E-state index < -0.39 is 0 Å². The first-order valence-corrected chi connectivity index (χ1v) is 9.58. The summed E-state index contributed by atoms with van der Waals surface area (Å²) in [6.07, 6.45) is 14.4. The Bertz CT molecular complexity index is 459. The third kappa shape index (κ3) is 5.37. The van der Waals surface area contributed by atoms with Gasteiger partial charge in [-0.2, -0.15) is 0 Å². The molecule has 0 radical (unpaired) electrons. The highest BCUT2D eigenvalue weighted by molar-refractivity contribution is 7.20. The number of rotatable bonds is 10. The monoisotopic (exact) mass is 307 g/mol. The second kappa shape index (κ2) is 9.30. The minimum Gasteiger partial charge on any atom is -0.243 e. The number of thiophene rings is 1. The second-order valence-electron chi connectivity index (χ2n) is 5.33. The van der Waals surface area contributed by atoms with Gasteiger partial charge in [0, 0.05) is 11.1 Å². The van der Waals surface area contributed by atoms with Gasteiger partial charge in [0.2, 0.25) is 0 Å². The van der Waals surface area contributed by atoms with E-state index in [4.69, 9.17) is 0 Å². The van der Waals surface area contributed by atoms with Crippen molar-refractivity contribution in [1.29, 1.82) is 0 Å². The zero-order valence-corrected chi connectivity index (χ0v) is 14.1. The third-order valence-corrected chi connectivity index (χ3v) is 5.66. The van der Waals surface area contributed by atoms with E-state index in [0.717, 1.165) is 0 Å². The summed E-state index contributed by atoms with van der Waals surface area (Å²) >= 11 is 3.64. The number of nitrogens with zero attached hydrogens (tertiary/aromatic N) is 1. The van der Waals surface area contributed by atoms with E-state index in [2.05, 4.69) is 35.6 Å². The molecule has 110 valence electrons. The van der Waals surface area contributed by atoms with Gasteiger partial charge < -0.3 is 0 Å². The molecule has 2 aromatic rings. The molecule has 0 aliphatic heterocycles. The molecule has 0 amide bonds. The number of aryl methyl sites for hydroxylation is 1. The lowest BCUT2D eigenvalue weighted by Gasteiger charge is -2.00. The van der Waals surface area contributed by atoms with E-state index in [-0.39, 0.29) is 0 Å². The maximum Gasteiger partial charge on any atom is 0.133 e. The van der Waals surface area contributed by atoms with Crippen LogP contribution < -0.4 is 0 Å². The number of aromatic nitrogens is 1. The molecule has 3 heteroatoms. The van der Waals surface area contributed by atoms with E-state index >= 15 is 0 Å². The first kappa shape index (κ1) is 15.7. The van der Waals surface area contributed by atoms with Crippen molar-refractivity contribution in [2.45, 2.75) is 64.7 Å². The third-order valence-electron chi connectivity index (χ3n) is 3.56. The summed E-state index contributed by atoms with van der Waals surface area (Å²) < 4.78 is 0. The highest BCUT2D eigenvalue weighted by Crippen LogP contribution is 2.29. The fourth-order valence-electron chi connectivity index (χ4n) is 2.37. The zero-order valence-electron chi connectivity index (χ0n) is 12.4.